The van der Waals surface area contributed by atoms with Gasteiger partial charge in [-0.2, -0.15) is 0 Å². The second kappa shape index (κ2) is 4.79. The second-order valence-corrected chi connectivity index (χ2v) is 5.07. The third kappa shape index (κ3) is 2.60. The van der Waals surface area contributed by atoms with Crippen molar-refractivity contribution in [3.63, 3.8) is 0 Å². The summed E-state index contributed by atoms with van der Waals surface area (Å²) in [5.41, 5.74) is 7.05. The first kappa shape index (κ1) is 12.0. The van der Waals surface area contributed by atoms with Crippen LogP contribution in [0.3, 0.4) is 0 Å². The summed E-state index contributed by atoms with van der Waals surface area (Å²) in [5.74, 6) is 0. The van der Waals surface area contributed by atoms with Crippen LogP contribution in [-0.2, 0) is 0 Å². The van der Waals surface area contributed by atoms with E-state index in [1.54, 1.807) is 0 Å². The van der Waals surface area contributed by atoms with Crippen LogP contribution in [0.4, 0.5) is 5.69 Å². The van der Waals surface area contributed by atoms with Gasteiger partial charge >= 0.3 is 0 Å². The molecule has 0 saturated carbocycles. The Morgan fingerprint density at radius 3 is 2.12 bits per heavy atom. The predicted octanol–water partition coefficient (Wildman–Crippen LogP) is 4.27. The average Bonchev–Trinajstić information content (AvgIpc) is 2.33. The molecule has 1 aromatic carbocycles. The van der Waals surface area contributed by atoms with Crippen molar-refractivity contribution in [3.8, 4) is 0 Å². The Balaban J connectivity index is 2.27. The molecule has 1 aliphatic rings. The van der Waals surface area contributed by atoms with Gasteiger partial charge in [0.25, 0.3) is 0 Å². The van der Waals surface area contributed by atoms with Crippen LogP contribution in [0.5, 0.6) is 0 Å². The molecule has 0 aliphatic heterocycles. The van der Waals surface area contributed by atoms with Crippen LogP contribution in [0, 0.1) is 0 Å². The van der Waals surface area contributed by atoms with Gasteiger partial charge in [-0.25, -0.2) is 0 Å². The molecule has 1 heteroatoms. The minimum atomic E-state index is 1.17. The van der Waals surface area contributed by atoms with Crippen LogP contribution in [0.25, 0.3) is 5.57 Å². The molecule has 17 heavy (non-hydrogen) atoms. The van der Waals surface area contributed by atoms with E-state index in [9.17, 15) is 0 Å². The lowest BCUT2D eigenvalue weighted by molar-refractivity contribution is 0.954. The Bertz CT molecular complexity index is 461. The first-order valence-electron chi connectivity index (χ1n) is 6.22. The van der Waals surface area contributed by atoms with Gasteiger partial charge in [0.05, 0.1) is 0 Å². The summed E-state index contributed by atoms with van der Waals surface area (Å²) in [6, 6.07) is 8.84. The average molecular weight is 227 g/mol. The highest BCUT2D eigenvalue weighted by Crippen LogP contribution is 2.30. The van der Waals surface area contributed by atoms with E-state index >= 15 is 0 Å². The maximum absolute atomic E-state index is 2.34. The number of hydrogen-bond donors (Lipinski definition) is 0. The third-order valence-electron chi connectivity index (χ3n) is 3.59. The Morgan fingerprint density at radius 2 is 1.59 bits per heavy atom. The molecule has 0 aromatic heterocycles. The summed E-state index contributed by atoms with van der Waals surface area (Å²) < 4.78 is 0. The largest absolute Gasteiger partial charge is 0.378 e. The van der Waals surface area contributed by atoms with E-state index in [0.29, 0.717) is 0 Å². The fourth-order valence-corrected chi connectivity index (χ4v) is 2.18. The van der Waals surface area contributed by atoms with Crippen LogP contribution >= 0.6 is 0 Å². The highest BCUT2D eigenvalue weighted by atomic mass is 15.1. The van der Waals surface area contributed by atoms with Crippen molar-refractivity contribution < 1.29 is 0 Å². The minimum absolute atomic E-state index is 1.17. The van der Waals surface area contributed by atoms with Gasteiger partial charge in [-0.1, -0.05) is 29.4 Å². The van der Waals surface area contributed by atoms with Crippen molar-refractivity contribution in [1.82, 2.24) is 0 Å². The fourth-order valence-electron chi connectivity index (χ4n) is 2.18. The molecule has 0 bridgehead atoms. The fraction of sp³-hybridized carbons (Fsp3) is 0.375. The molecule has 1 nitrogen and oxygen atoms in total. The molecule has 0 radical (unpaired) electrons. The van der Waals surface area contributed by atoms with Gasteiger partial charge in [-0.05, 0) is 50.0 Å². The zero-order chi connectivity index (χ0) is 12.4. The van der Waals surface area contributed by atoms with E-state index in [0.717, 1.165) is 0 Å². The van der Waals surface area contributed by atoms with Crippen LogP contribution in [0.2, 0.25) is 0 Å². The number of rotatable bonds is 2. The van der Waals surface area contributed by atoms with Crippen LogP contribution in [0.1, 0.15) is 32.3 Å². The van der Waals surface area contributed by atoms with E-state index < -0.39 is 0 Å². The van der Waals surface area contributed by atoms with Gasteiger partial charge < -0.3 is 4.90 Å². The summed E-state index contributed by atoms with van der Waals surface area (Å²) in [4.78, 5) is 2.13. The Hall–Kier alpha value is -1.50. The van der Waals surface area contributed by atoms with Gasteiger partial charge in [-0.3, -0.25) is 0 Å². The van der Waals surface area contributed by atoms with Crippen molar-refractivity contribution >= 4 is 11.3 Å². The van der Waals surface area contributed by atoms with Crippen LogP contribution in [-0.4, -0.2) is 14.1 Å². The molecule has 1 aromatic rings. The summed E-state index contributed by atoms with van der Waals surface area (Å²) >= 11 is 0. The molecule has 0 unspecified atom stereocenters. The molecule has 1 aliphatic carbocycles. The van der Waals surface area contributed by atoms with Gasteiger partial charge in [0.15, 0.2) is 0 Å². The monoisotopic (exact) mass is 227 g/mol. The minimum Gasteiger partial charge on any atom is -0.378 e. The summed E-state index contributed by atoms with van der Waals surface area (Å²) in [7, 11) is 4.15. The van der Waals surface area contributed by atoms with E-state index in [-0.39, 0.29) is 0 Å². The SMILES string of the molecule is CC1=C(C)CCC(c2ccc(N(C)C)cc2)=C1. The molecule has 90 valence electrons. The molecule has 0 N–H and O–H groups in total. The highest BCUT2D eigenvalue weighted by molar-refractivity contribution is 5.71. The van der Waals surface area contributed by atoms with Crippen LogP contribution < -0.4 is 4.90 Å². The van der Waals surface area contributed by atoms with Crippen molar-refractivity contribution in [2.75, 3.05) is 19.0 Å². The molecule has 0 fully saturated rings. The molecule has 0 heterocycles. The maximum atomic E-state index is 2.34. The normalized spacial score (nSPS) is 15.9. The quantitative estimate of drug-likeness (QED) is 0.729. The summed E-state index contributed by atoms with van der Waals surface area (Å²) in [5, 5.41) is 0. The lowest BCUT2D eigenvalue weighted by atomic mass is 9.90. The van der Waals surface area contributed by atoms with Gasteiger partial charge in [0.1, 0.15) is 0 Å². The van der Waals surface area contributed by atoms with E-state index in [4.69, 9.17) is 0 Å². The number of nitrogens with zero attached hydrogens (tertiary/aromatic N) is 1. The lowest BCUT2D eigenvalue weighted by Crippen LogP contribution is -2.08. The van der Waals surface area contributed by atoms with Gasteiger partial charge in [0.2, 0.25) is 0 Å². The first-order chi connectivity index (χ1) is 8.08. The third-order valence-corrected chi connectivity index (χ3v) is 3.59. The van der Waals surface area contributed by atoms with Crippen LogP contribution in [0.15, 0.2) is 41.5 Å². The van der Waals surface area contributed by atoms with Crippen molar-refractivity contribution in [2.45, 2.75) is 26.7 Å². The van der Waals surface area contributed by atoms with E-state index in [1.165, 1.54) is 40.8 Å². The van der Waals surface area contributed by atoms with E-state index in [1.807, 2.05) is 0 Å². The van der Waals surface area contributed by atoms with Gasteiger partial charge in [0, 0.05) is 19.8 Å². The molecule has 0 saturated heterocycles. The lowest BCUT2D eigenvalue weighted by Gasteiger charge is -2.17. The molecule has 0 atom stereocenters. The number of allylic oxidation sites excluding steroid dienone is 4. The molecular weight excluding hydrogens is 206 g/mol. The summed E-state index contributed by atoms with van der Waals surface area (Å²) in [6.07, 6.45) is 4.71. The smallest absolute Gasteiger partial charge is 0.0361 e. The Kier molecular flexibility index (Phi) is 3.37. The standard InChI is InChI=1S/C16H21N/c1-12-5-6-15(11-13(12)2)14-7-9-16(10-8-14)17(3)4/h7-11H,5-6H2,1-4H3. The highest BCUT2D eigenvalue weighted by Gasteiger charge is 2.09. The maximum Gasteiger partial charge on any atom is 0.0361 e. The molecule has 0 amide bonds. The second-order valence-electron chi connectivity index (χ2n) is 5.07. The number of anilines is 1. The number of hydrogen-bond acceptors (Lipinski definition) is 1. The predicted molar refractivity (Wildman–Crippen MR) is 76.4 cm³/mol. The summed E-state index contributed by atoms with van der Waals surface area (Å²) in [6.45, 7) is 4.44. The van der Waals surface area contributed by atoms with Crippen molar-refractivity contribution in [2.24, 2.45) is 0 Å². The Morgan fingerprint density at radius 1 is 0.941 bits per heavy atom. The van der Waals surface area contributed by atoms with Crippen molar-refractivity contribution in [1.29, 1.82) is 0 Å². The van der Waals surface area contributed by atoms with Gasteiger partial charge in [-0.15, -0.1) is 0 Å². The first-order valence-corrected chi connectivity index (χ1v) is 6.22. The zero-order valence-corrected chi connectivity index (χ0v) is 11.2. The zero-order valence-electron chi connectivity index (χ0n) is 11.2. The topological polar surface area (TPSA) is 3.24 Å². The van der Waals surface area contributed by atoms with E-state index in [2.05, 4.69) is 63.2 Å². The Labute approximate surface area is 104 Å². The molecular formula is C16H21N. The molecule has 0 spiro atoms. The number of benzene rings is 1. The van der Waals surface area contributed by atoms with Crippen molar-refractivity contribution in [3.05, 3.63) is 47.1 Å². The molecule has 2 rings (SSSR count).